The molecular formula is C20H26N2O2S. The van der Waals surface area contributed by atoms with Gasteiger partial charge < -0.3 is 15.0 Å². The van der Waals surface area contributed by atoms with Crippen molar-refractivity contribution in [2.75, 3.05) is 26.9 Å². The van der Waals surface area contributed by atoms with Crippen molar-refractivity contribution in [3.63, 3.8) is 0 Å². The van der Waals surface area contributed by atoms with Crippen molar-refractivity contribution in [2.45, 2.75) is 24.3 Å². The highest BCUT2D eigenvalue weighted by molar-refractivity contribution is 7.99. The molecule has 25 heavy (non-hydrogen) atoms. The van der Waals surface area contributed by atoms with E-state index in [9.17, 15) is 4.79 Å². The van der Waals surface area contributed by atoms with Crippen LogP contribution in [-0.2, 0) is 0 Å². The molecule has 0 heterocycles. The summed E-state index contributed by atoms with van der Waals surface area (Å²) in [6.45, 7) is 2.10. The third-order valence-electron chi connectivity index (χ3n) is 3.90. The maximum Gasteiger partial charge on any atom is 0.414 e. The van der Waals surface area contributed by atoms with Crippen molar-refractivity contribution in [1.29, 1.82) is 0 Å². The van der Waals surface area contributed by atoms with Crippen LogP contribution in [0.25, 0.3) is 0 Å². The van der Waals surface area contributed by atoms with Crippen LogP contribution >= 0.6 is 11.8 Å². The van der Waals surface area contributed by atoms with Crippen LogP contribution in [0, 0.1) is 6.92 Å². The Morgan fingerprint density at radius 1 is 1.12 bits per heavy atom. The molecule has 5 heteroatoms. The second-order valence-electron chi connectivity index (χ2n) is 6.12. The molecule has 134 valence electrons. The van der Waals surface area contributed by atoms with Crippen molar-refractivity contribution >= 4 is 17.9 Å². The first-order chi connectivity index (χ1) is 12.0. The van der Waals surface area contributed by atoms with Crippen LogP contribution in [0.4, 0.5) is 4.79 Å². The number of ether oxygens (including phenoxy) is 1. The van der Waals surface area contributed by atoms with Crippen molar-refractivity contribution in [3.05, 3.63) is 59.7 Å². The number of hydrogen-bond acceptors (Lipinski definition) is 4. The average Bonchev–Trinajstić information content (AvgIpc) is 2.61. The number of carbonyl (C=O) groups excluding carboxylic acids is 1. The first kappa shape index (κ1) is 19.3. The van der Waals surface area contributed by atoms with Gasteiger partial charge in [-0.3, -0.25) is 0 Å². The Morgan fingerprint density at radius 2 is 1.76 bits per heavy atom. The van der Waals surface area contributed by atoms with Gasteiger partial charge in [-0.1, -0.05) is 29.8 Å². The molecule has 2 rings (SSSR count). The lowest BCUT2D eigenvalue weighted by Gasteiger charge is -2.17. The maximum absolute atomic E-state index is 11.6. The van der Waals surface area contributed by atoms with E-state index in [0.717, 1.165) is 12.2 Å². The average molecular weight is 359 g/mol. The van der Waals surface area contributed by atoms with Gasteiger partial charge in [-0.25, -0.2) is 4.79 Å². The molecule has 1 N–H and O–H groups in total. The summed E-state index contributed by atoms with van der Waals surface area (Å²) in [5, 5.41) is 3.36. The number of rotatable bonds is 7. The first-order valence-corrected chi connectivity index (χ1v) is 9.34. The highest BCUT2D eigenvalue weighted by Crippen LogP contribution is 2.25. The SMILES string of the molecule is CN[C@H](CCSc1ccc(C)cc1)c1ccc(OC(=O)N(C)C)cc1. The molecule has 0 saturated heterocycles. The quantitative estimate of drug-likeness (QED) is 0.740. The van der Waals surface area contributed by atoms with Crippen LogP contribution in [-0.4, -0.2) is 37.9 Å². The third-order valence-corrected chi connectivity index (χ3v) is 4.94. The van der Waals surface area contributed by atoms with Crippen LogP contribution in [0.5, 0.6) is 5.75 Å². The molecule has 4 nitrogen and oxygen atoms in total. The summed E-state index contributed by atoms with van der Waals surface area (Å²) in [7, 11) is 5.31. The number of nitrogens with one attached hydrogen (secondary N) is 1. The summed E-state index contributed by atoms with van der Waals surface area (Å²) in [4.78, 5) is 14.3. The van der Waals surface area contributed by atoms with Gasteiger partial charge in [0.2, 0.25) is 0 Å². The Labute approximate surface area is 154 Å². The van der Waals surface area contributed by atoms with E-state index in [4.69, 9.17) is 4.74 Å². The molecule has 0 aliphatic heterocycles. The minimum absolute atomic E-state index is 0.275. The van der Waals surface area contributed by atoms with Gasteiger partial charge >= 0.3 is 6.09 Å². The summed E-state index contributed by atoms with van der Waals surface area (Å²) in [6.07, 6.45) is 0.652. The van der Waals surface area contributed by atoms with Gasteiger partial charge in [-0.2, -0.15) is 0 Å². The van der Waals surface area contributed by atoms with E-state index in [2.05, 4.69) is 36.5 Å². The fourth-order valence-corrected chi connectivity index (χ4v) is 3.28. The number of carbonyl (C=O) groups is 1. The zero-order chi connectivity index (χ0) is 18.2. The topological polar surface area (TPSA) is 41.6 Å². The lowest BCUT2D eigenvalue weighted by molar-refractivity contribution is 0.172. The third kappa shape index (κ3) is 6.11. The Kier molecular flexibility index (Phi) is 7.34. The summed E-state index contributed by atoms with van der Waals surface area (Å²) >= 11 is 1.87. The zero-order valence-corrected chi connectivity index (χ0v) is 16.1. The largest absolute Gasteiger partial charge is 0.414 e. The molecule has 0 saturated carbocycles. The predicted molar refractivity (Wildman–Crippen MR) is 104 cm³/mol. The van der Waals surface area contributed by atoms with Gasteiger partial charge in [0.05, 0.1) is 0 Å². The molecule has 0 aliphatic carbocycles. The van der Waals surface area contributed by atoms with Crippen molar-refractivity contribution < 1.29 is 9.53 Å². The highest BCUT2D eigenvalue weighted by atomic mass is 32.2. The highest BCUT2D eigenvalue weighted by Gasteiger charge is 2.11. The number of thioether (sulfide) groups is 1. The summed E-state index contributed by atoms with van der Waals surface area (Å²) in [6, 6.07) is 16.6. The van der Waals surface area contributed by atoms with Crippen LogP contribution in [0.3, 0.4) is 0 Å². The molecule has 1 amide bonds. The Hall–Kier alpha value is -1.98. The molecular weight excluding hydrogens is 332 g/mol. The Bertz CT molecular complexity index is 669. The number of nitrogens with zero attached hydrogens (tertiary/aromatic N) is 1. The zero-order valence-electron chi connectivity index (χ0n) is 15.3. The van der Waals surface area contributed by atoms with Crippen LogP contribution in [0.15, 0.2) is 53.4 Å². The van der Waals surface area contributed by atoms with Crippen LogP contribution < -0.4 is 10.1 Å². The van der Waals surface area contributed by atoms with E-state index < -0.39 is 0 Å². The van der Waals surface area contributed by atoms with E-state index >= 15 is 0 Å². The van der Waals surface area contributed by atoms with Gasteiger partial charge in [0, 0.05) is 25.0 Å². The first-order valence-electron chi connectivity index (χ1n) is 8.35. The Balaban J connectivity index is 1.89. The summed E-state index contributed by atoms with van der Waals surface area (Å²) in [5.41, 5.74) is 2.48. The van der Waals surface area contributed by atoms with E-state index in [0.29, 0.717) is 5.75 Å². The minimum atomic E-state index is -0.368. The fourth-order valence-electron chi connectivity index (χ4n) is 2.37. The van der Waals surface area contributed by atoms with Crippen molar-refractivity contribution in [2.24, 2.45) is 0 Å². The number of aryl methyl sites for hydroxylation is 1. The fraction of sp³-hybridized carbons (Fsp3) is 0.350. The molecule has 0 spiro atoms. The van der Waals surface area contributed by atoms with Gasteiger partial charge in [0.25, 0.3) is 0 Å². The molecule has 2 aromatic rings. The number of hydrogen-bond donors (Lipinski definition) is 1. The Morgan fingerprint density at radius 3 is 2.32 bits per heavy atom. The van der Waals surface area contributed by atoms with Gasteiger partial charge in [-0.15, -0.1) is 11.8 Å². The molecule has 1 atom stereocenters. The molecule has 0 unspecified atom stereocenters. The molecule has 0 radical (unpaired) electrons. The van der Waals surface area contributed by atoms with Crippen LogP contribution in [0.1, 0.15) is 23.6 Å². The standard InChI is InChI=1S/C20H26N2O2S/c1-15-5-11-18(12-6-15)25-14-13-19(21-2)16-7-9-17(10-8-16)24-20(23)22(3)4/h5-12,19,21H,13-14H2,1-4H3/t19-/m1/s1. The van der Waals surface area contributed by atoms with E-state index in [1.807, 2.05) is 43.1 Å². The minimum Gasteiger partial charge on any atom is -0.410 e. The maximum atomic E-state index is 11.6. The second kappa shape index (κ2) is 9.49. The van der Waals surface area contributed by atoms with E-state index in [1.165, 1.54) is 20.9 Å². The lowest BCUT2D eigenvalue weighted by Crippen LogP contribution is -2.25. The summed E-state index contributed by atoms with van der Waals surface area (Å²) in [5.74, 6) is 1.60. The van der Waals surface area contributed by atoms with Crippen LogP contribution in [0.2, 0.25) is 0 Å². The van der Waals surface area contributed by atoms with E-state index in [1.54, 1.807) is 14.1 Å². The van der Waals surface area contributed by atoms with E-state index in [-0.39, 0.29) is 12.1 Å². The molecule has 0 fully saturated rings. The predicted octanol–water partition coefficient (Wildman–Crippen LogP) is 4.50. The smallest absolute Gasteiger partial charge is 0.410 e. The number of amides is 1. The van der Waals surface area contributed by atoms with Crippen molar-refractivity contribution in [1.82, 2.24) is 10.2 Å². The second-order valence-corrected chi connectivity index (χ2v) is 7.29. The van der Waals surface area contributed by atoms with Gasteiger partial charge in [0.1, 0.15) is 5.75 Å². The van der Waals surface area contributed by atoms with Crippen molar-refractivity contribution in [3.8, 4) is 5.75 Å². The normalized spacial score (nSPS) is 11.8. The lowest BCUT2D eigenvalue weighted by atomic mass is 10.0. The summed E-state index contributed by atoms with van der Waals surface area (Å²) < 4.78 is 5.26. The molecule has 0 aromatic heterocycles. The monoisotopic (exact) mass is 358 g/mol. The number of benzene rings is 2. The van der Waals surface area contributed by atoms with Gasteiger partial charge in [0.15, 0.2) is 0 Å². The molecule has 2 aromatic carbocycles. The van der Waals surface area contributed by atoms with Gasteiger partial charge in [-0.05, 0) is 56.0 Å². The molecule has 0 bridgehead atoms. The molecule has 0 aliphatic rings.